The highest BCUT2D eigenvalue weighted by atomic mass is 32.2. The summed E-state index contributed by atoms with van der Waals surface area (Å²) in [6.45, 7) is 9.64. The highest BCUT2D eigenvalue weighted by Crippen LogP contribution is 2.20. The van der Waals surface area contributed by atoms with Crippen LogP contribution in [0.2, 0.25) is 0 Å². The number of imidazole rings is 1. The molecule has 2 aromatic heterocycles. The summed E-state index contributed by atoms with van der Waals surface area (Å²) in [6, 6.07) is 0.558. The number of nitrogens with zero attached hydrogens (tertiary/aromatic N) is 2. The van der Waals surface area contributed by atoms with Gasteiger partial charge in [0.1, 0.15) is 0 Å². The standard InChI is InChI=1S/C14H23N3S2/c1-5-18-7-6-10(2)15-8-13-12(4)16-14-17(13)11(3)9-19-14/h9-10,15H,5-8H2,1-4H3. The summed E-state index contributed by atoms with van der Waals surface area (Å²) in [4.78, 5) is 5.74. The zero-order chi connectivity index (χ0) is 13.8. The van der Waals surface area contributed by atoms with Crippen molar-refractivity contribution in [1.29, 1.82) is 0 Å². The van der Waals surface area contributed by atoms with Crippen LogP contribution in [0.25, 0.3) is 4.96 Å². The van der Waals surface area contributed by atoms with E-state index >= 15 is 0 Å². The van der Waals surface area contributed by atoms with Gasteiger partial charge < -0.3 is 5.32 Å². The number of nitrogens with one attached hydrogen (secondary N) is 1. The third-order valence-electron chi connectivity index (χ3n) is 3.35. The van der Waals surface area contributed by atoms with Crippen LogP contribution in [0.4, 0.5) is 0 Å². The van der Waals surface area contributed by atoms with Crippen LogP contribution in [-0.2, 0) is 6.54 Å². The van der Waals surface area contributed by atoms with Gasteiger partial charge >= 0.3 is 0 Å². The summed E-state index contributed by atoms with van der Waals surface area (Å²) in [6.07, 6.45) is 1.22. The van der Waals surface area contributed by atoms with Gasteiger partial charge in [0.05, 0.1) is 11.4 Å². The average Bonchev–Trinajstić information content (AvgIpc) is 2.87. The third-order valence-corrected chi connectivity index (χ3v) is 5.22. The Morgan fingerprint density at radius 1 is 1.47 bits per heavy atom. The SMILES string of the molecule is CCSCCC(C)NCc1c(C)nc2scc(C)n12. The van der Waals surface area contributed by atoms with Gasteiger partial charge in [-0.2, -0.15) is 11.8 Å². The molecule has 106 valence electrons. The molecule has 0 spiro atoms. The molecular weight excluding hydrogens is 274 g/mol. The summed E-state index contributed by atoms with van der Waals surface area (Å²) in [5.74, 6) is 2.45. The molecule has 0 radical (unpaired) electrons. The normalized spacial score (nSPS) is 13.3. The molecule has 0 saturated heterocycles. The minimum atomic E-state index is 0.558. The number of thiazole rings is 1. The molecule has 0 fully saturated rings. The topological polar surface area (TPSA) is 29.3 Å². The highest BCUT2D eigenvalue weighted by Gasteiger charge is 2.12. The number of hydrogen-bond donors (Lipinski definition) is 1. The monoisotopic (exact) mass is 297 g/mol. The number of rotatable bonds is 7. The predicted molar refractivity (Wildman–Crippen MR) is 86.5 cm³/mol. The number of hydrogen-bond acceptors (Lipinski definition) is 4. The Morgan fingerprint density at radius 2 is 2.26 bits per heavy atom. The van der Waals surface area contributed by atoms with Crippen LogP contribution in [0, 0.1) is 13.8 Å². The Labute approximate surface area is 123 Å². The minimum absolute atomic E-state index is 0.558. The fourth-order valence-corrected chi connectivity index (χ4v) is 3.89. The zero-order valence-electron chi connectivity index (χ0n) is 12.2. The van der Waals surface area contributed by atoms with Gasteiger partial charge in [0.25, 0.3) is 0 Å². The molecule has 2 rings (SSSR count). The molecule has 19 heavy (non-hydrogen) atoms. The van der Waals surface area contributed by atoms with Gasteiger partial charge in [-0.15, -0.1) is 11.3 Å². The Bertz CT molecular complexity index is 530. The molecule has 0 aliphatic carbocycles. The maximum atomic E-state index is 4.62. The Kier molecular flexibility index (Phi) is 5.30. The lowest BCUT2D eigenvalue weighted by Crippen LogP contribution is -2.27. The van der Waals surface area contributed by atoms with Gasteiger partial charge in [-0.25, -0.2) is 4.98 Å². The Hall–Kier alpha value is -0.520. The Morgan fingerprint density at radius 3 is 3.00 bits per heavy atom. The smallest absolute Gasteiger partial charge is 0.194 e. The van der Waals surface area contributed by atoms with E-state index < -0.39 is 0 Å². The van der Waals surface area contributed by atoms with Crippen LogP contribution in [-0.4, -0.2) is 26.9 Å². The van der Waals surface area contributed by atoms with E-state index in [-0.39, 0.29) is 0 Å². The van der Waals surface area contributed by atoms with Gasteiger partial charge in [0, 0.05) is 23.7 Å². The Balaban J connectivity index is 1.97. The molecule has 0 bridgehead atoms. The van der Waals surface area contributed by atoms with Crippen LogP contribution in [0.5, 0.6) is 0 Å². The predicted octanol–water partition coefficient (Wildman–Crippen LogP) is 3.63. The summed E-state index contributed by atoms with van der Waals surface area (Å²) in [5.41, 5.74) is 3.74. The van der Waals surface area contributed by atoms with Crippen molar-refractivity contribution in [2.45, 2.75) is 46.7 Å². The van der Waals surface area contributed by atoms with E-state index in [0.29, 0.717) is 6.04 Å². The third kappa shape index (κ3) is 3.52. The minimum Gasteiger partial charge on any atom is -0.309 e. The number of fused-ring (bicyclic) bond motifs is 1. The van der Waals surface area contributed by atoms with Crippen molar-refractivity contribution in [2.24, 2.45) is 0 Å². The van der Waals surface area contributed by atoms with Crippen LogP contribution in [0.3, 0.4) is 0 Å². The van der Waals surface area contributed by atoms with E-state index in [1.165, 1.54) is 29.3 Å². The molecule has 0 aliphatic rings. The molecule has 1 N–H and O–H groups in total. The van der Waals surface area contributed by atoms with Crippen molar-refractivity contribution in [3.8, 4) is 0 Å². The maximum Gasteiger partial charge on any atom is 0.194 e. The second-order valence-corrected chi connectivity index (χ2v) is 7.14. The van der Waals surface area contributed by atoms with Crippen molar-refractivity contribution in [2.75, 3.05) is 11.5 Å². The molecular formula is C14H23N3S2. The van der Waals surface area contributed by atoms with Crippen molar-refractivity contribution in [3.63, 3.8) is 0 Å². The summed E-state index contributed by atoms with van der Waals surface area (Å²) in [7, 11) is 0. The molecule has 0 saturated carbocycles. The number of aromatic nitrogens is 2. The van der Waals surface area contributed by atoms with E-state index in [9.17, 15) is 0 Å². The quantitative estimate of drug-likeness (QED) is 0.791. The van der Waals surface area contributed by atoms with Gasteiger partial charge in [0.2, 0.25) is 0 Å². The van der Waals surface area contributed by atoms with E-state index in [2.05, 4.69) is 47.8 Å². The maximum absolute atomic E-state index is 4.62. The fourth-order valence-electron chi connectivity index (χ4n) is 2.15. The van der Waals surface area contributed by atoms with Crippen molar-refractivity contribution in [3.05, 3.63) is 22.5 Å². The molecule has 2 heterocycles. The molecule has 1 unspecified atom stereocenters. The molecule has 0 aliphatic heterocycles. The van der Waals surface area contributed by atoms with Crippen molar-refractivity contribution >= 4 is 28.1 Å². The van der Waals surface area contributed by atoms with E-state index in [0.717, 1.165) is 17.2 Å². The lowest BCUT2D eigenvalue weighted by Gasteiger charge is -2.13. The highest BCUT2D eigenvalue weighted by molar-refractivity contribution is 7.99. The molecule has 5 heteroatoms. The van der Waals surface area contributed by atoms with Crippen LogP contribution >= 0.6 is 23.1 Å². The summed E-state index contributed by atoms with van der Waals surface area (Å²) >= 11 is 3.73. The van der Waals surface area contributed by atoms with Crippen molar-refractivity contribution < 1.29 is 0 Å². The van der Waals surface area contributed by atoms with Gasteiger partial charge in [-0.05, 0) is 38.7 Å². The van der Waals surface area contributed by atoms with Gasteiger partial charge in [-0.1, -0.05) is 6.92 Å². The van der Waals surface area contributed by atoms with Crippen LogP contribution < -0.4 is 5.32 Å². The average molecular weight is 297 g/mol. The van der Waals surface area contributed by atoms with Gasteiger partial charge in [0.15, 0.2) is 4.96 Å². The number of thioether (sulfide) groups is 1. The lowest BCUT2D eigenvalue weighted by molar-refractivity contribution is 0.529. The number of aryl methyl sites for hydroxylation is 2. The summed E-state index contributed by atoms with van der Waals surface area (Å²) in [5, 5.41) is 5.80. The molecule has 0 amide bonds. The lowest BCUT2D eigenvalue weighted by atomic mass is 10.2. The molecule has 1 atom stereocenters. The molecule has 0 aromatic carbocycles. The first kappa shape index (κ1) is 14.9. The largest absolute Gasteiger partial charge is 0.309 e. The summed E-state index contributed by atoms with van der Waals surface area (Å²) < 4.78 is 2.28. The van der Waals surface area contributed by atoms with Gasteiger partial charge in [-0.3, -0.25) is 4.40 Å². The second-order valence-electron chi connectivity index (χ2n) is 4.91. The first-order valence-electron chi connectivity index (χ1n) is 6.86. The fraction of sp³-hybridized carbons (Fsp3) is 0.643. The van der Waals surface area contributed by atoms with E-state index in [1.54, 1.807) is 11.3 Å². The van der Waals surface area contributed by atoms with Crippen molar-refractivity contribution in [1.82, 2.24) is 14.7 Å². The molecule has 3 nitrogen and oxygen atoms in total. The first-order valence-corrected chi connectivity index (χ1v) is 8.90. The second kappa shape index (κ2) is 6.77. The zero-order valence-corrected chi connectivity index (χ0v) is 13.8. The molecule has 2 aromatic rings. The van der Waals surface area contributed by atoms with E-state index in [1.807, 2.05) is 11.8 Å². The first-order chi connectivity index (χ1) is 9.13. The van der Waals surface area contributed by atoms with Crippen LogP contribution in [0.1, 0.15) is 37.4 Å². The van der Waals surface area contributed by atoms with Crippen LogP contribution in [0.15, 0.2) is 5.38 Å². The van der Waals surface area contributed by atoms with E-state index in [4.69, 9.17) is 0 Å².